The molecule has 0 bridgehead atoms. The third-order valence-electron chi connectivity index (χ3n) is 5.03. The van der Waals surface area contributed by atoms with Gasteiger partial charge in [0.25, 0.3) is 5.91 Å². The van der Waals surface area contributed by atoms with Crippen molar-refractivity contribution in [2.45, 2.75) is 20.3 Å². The molecule has 3 aromatic rings. The summed E-state index contributed by atoms with van der Waals surface area (Å²) in [5, 5.41) is 17.2. The Balaban J connectivity index is 1.71. The van der Waals surface area contributed by atoms with Crippen molar-refractivity contribution in [2.75, 3.05) is 31.0 Å². The number of benzene rings is 2. The number of aromatic nitrogens is 1. The number of ether oxygens (including phenoxy) is 3. The summed E-state index contributed by atoms with van der Waals surface area (Å²) in [6.07, 6.45) is 3.69. The minimum Gasteiger partial charge on any atom is -0.493 e. The molecule has 1 heterocycles. The number of thiazole rings is 1. The Morgan fingerprint density at radius 1 is 1.16 bits per heavy atom. The van der Waals surface area contributed by atoms with E-state index in [4.69, 9.17) is 14.2 Å². The van der Waals surface area contributed by atoms with Gasteiger partial charge >= 0.3 is 0 Å². The van der Waals surface area contributed by atoms with E-state index in [0.717, 1.165) is 11.3 Å². The largest absolute Gasteiger partial charge is 0.493 e. The van der Waals surface area contributed by atoms with Crippen molar-refractivity contribution in [3.8, 4) is 23.3 Å². The fourth-order valence-corrected chi connectivity index (χ4v) is 4.10. The first-order chi connectivity index (χ1) is 18.3. The predicted molar refractivity (Wildman–Crippen MR) is 148 cm³/mol. The normalized spacial score (nSPS) is 10.7. The SMILES string of the molecule is C=CCc1cc(/C=C(/C#N)C(=O)Nc2nc(C)cs2)cc(OC)c1OCCOc1ccc(NC(C)=O)cc1. The second-order valence-corrected chi connectivity index (χ2v) is 8.88. The van der Waals surface area contributed by atoms with Gasteiger partial charge in [0.1, 0.15) is 30.6 Å². The molecule has 0 aliphatic rings. The Labute approximate surface area is 225 Å². The van der Waals surface area contributed by atoms with E-state index in [0.29, 0.717) is 40.1 Å². The number of methoxy groups -OCH3 is 1. The molecule has 2 N–H and O–H groups in total. The summed E-state index contributed by atoms with van der Waals surface area (Å²) >= 11 is 1.29. The number of amides is 2. The van der Waals surface area contributed by atoms with Crippen molar-refractivity contribution in [3.05, 3.63) is 76.8 Å². The smallest absolute Gasteiger partial charge is 0.268 e. The summed E-state index contributed by atoms with van der Waals surface area (Å²) in [5.41, 5.74) is 2.77. The second-order valence-electron chi connectivity index (χ2n) is 8.02. The molecule has 0 aliphatic heterocycles. The standard InChI is InChI=1S/C28H28N4O5S/c1-5-6-21-13-20(14-22(16-29)27(34)32-28-30-18(2)17-38-28)15-25(35-4)26(21)37-12-11-36-24-9-7-23(8-10-24)31-19(3)33/h5,7-10,13-15,17H,1,6,11-12H2,2-4H3,(H,31,33)(H,30,32,34)/b22-14-. The van der Waals surface area contributed by atoms with Gasteiger partial charge in [-0.3, -0.25) is 14.9 Å². The van der Waals surface area contributed by atoms with Gasteiger partial charge in [-0.2, -0.15) is 5.26 Å². The summed E-state index contributed by atoms with van der Waals surface area (Å²) in [6.45, 7) is 7.59. The van der Waals surface area contributed by atoms with Crippen LogP contribution in [0.25, 0.3) is 6.08 Å². The number of carbonyl (C=O) groups excluding carboxylic acids is 2. The number of nitrogens with zero attached hydrogens (tertiary/aromatic N) is 2. The Bertz CT molecular complexity index is 1370. The zero-order chi connectivity index (χ0) is 27.5. The third-order valence-corrected chi connectivity index (χ3v) is 5.90. The molecule has 0 fully saturated rings. The lowest BCUT2D eigenvalue weighted by Crippen LogP contribution is -2.13. The highest BCUT2D eigenvalue weighted by Crippen LogP contribution is 2.34. The quantitative estimate of drug-likeness (QED) is 0.143. The second kappa shape index (κ2) is 13.6. The van der Waals surface area contributed by atoms with Gasteiger partial charge < -0.3 is 19.5 Å². The zero-order valence-electron chi connectivity index (χ0n) is 21.4. The first-order valence-corrected chi connectivity index (χ1v) is 12.5. The summed E-state index contributed by atoms with van der Waals surface area (Å²) in [5.74, 6) is 0.917. The molecule has 0 unspecified atom stereocenters. The predicted octanol–water partition coefficient (Wildman–Crippen LogP) is 5.15. The highest BCUT2D eigenvalue weighted by molar-refractivity contribution is 7.13. The number of nitrogens with one attached hydrogen (secondary N) is 2. The van der Waals surface area contributed by atoms with E-state index >= 15 is 0 Å². The molecule has 3 rings (SSSR count). The van der Waals surface area contributed by atoms with E-state index in [1.54, 1.807) is 36.4 Å². The van der Waals surface area contributed by atoms with Gasteiger partial charge in [-0.25, -0.2) is 4.98 Å². The van der Waals surface area contributed by atoms with Crippen LogP contribution in [0.5, 0.6) is 17.2 Å². The molecule has 0 aliphatic carbocycles. The molecular weight excluding hydrogens is 504 g/mol. The summed E-state index contributed by atoms with van der Waals surface area (Å²) < 4.78 is 17.3. The highest BCUT2D eigenvalue weighted by Gasteiger charge is 2.15. The van der Waals surface area contributed by atoms with E-state index in [9.17, 15) is 14.9 Å². The molecule has 2 amide bonds. The maximum absolute atomic E-state index is 12.6. The van der Waals surface area contributed by atoms with Crippen molar-refractivity contribution in [3.63, 3.8) is 0 Å². The van der Waals surface area contributed by atoms with Gasteiger partial charge in [-0.1, -0.05) is 6.08 Å². The highest BCUT2D eigenvalue weighted by atomic mass is 32.1. The minimum absolute atomic E-state index is 0.0731. The number of rotatable bonds is 12. The number of hydrogen-bond donors (Lipinski definition) is 2. The molecule has 0 saturated heterocycles. The van der Waals surface area contributed by atoms with E-state index in [1.807, 2.05) is 24.4 Å². The van der Waals surface area contributed by atoms with E-state index < -0.39 is 5.91 Å². The van der Waals surface area contributed by atoms with Crippen molar-refractivity contribution < 1.29 is 23.8 Å². The van der Waals surface area contributed by atoms with Gasteiger partial charge in [0.15, 0.2) is 16.6 Å². The van der Waals surface area contributed by atoms with Crippen molar-refractivity contribution in [1.29, 1.82) is 5.26 Å². The van der Waals surface area contributed by atoms with Crippen molar-refractivity contribution in [2.24, 2.45) is 0 Å². The Hall–Kier alpha value is -4.62. The number of carbonyl (C=O) groups is 2. The third kappa shape index (κ3) is 7.94. The van der Waals surface area contributed by atoms with Crippen LogP contribution in [0.2, 0.25) is 0 Å². The van der Waals surface area contributed by atoms with Gasteiger partial charge in [-0.05, 0) is 61.4 Å². The lowest BCUT2D eigenvalue weighted by molar-refractivity contribution is -0.114. The number of aryl methyl sites for hydroxylation is 1. The first-order valence-electron chi connectivity index (χ1n) is 11.6. The van der Waals surface area contributed by atoms with E-state index in [1.165, 1.54) is 31.4 Å². The zero-order valence-corrected chi connectivity index (χ0v) is 22.2. The molecule has 0 spiro atoms. The number of nitriles is 1. The molecule has 1 aromatic heterocycles. The van der Waals surface area contributed by atoms with Gasteiger partial charge in [0.2, 0.25) is 5.91 Å². The summed E-state index contributed by atoms with van der Waals surface area (Å²) in [7, 11) is 1.52. The molecule has 0 atom stereocenters. The summed E-state index contributed by atoms with van der Waals surface area (Å²) in [4.78, 5) is 27.9. The topological polar surface area (TPSA) is 123 Å². The average Bonchev–Trinajstić information content (AvgIpc) is 3.30. The number of hydrogen-bond acceptors (Lipinski definition) is 8. The van der Waals surface area contributed by atoms with Crippen LogP contribution in [0.1, 0.15) is 23.7 Å². The molecule has 196 valence electrons. The molecular formula is C28H28N4O5S. The van der Waals surface area contributed by atoms with Crippen LogP contribution < -0.4 is 24.8 Å². The monoisotopic (exact) mass is 532 g/mol. The average molecular weight is 533 g/mol. The fourth-order valence-electron chi connectivity index (χ4n) is 3.42. The number of anilines is 2. The lowest BCUT2D eigenvalue weighted by atomic mass is 10.0. The van der Waals surface area contributed by atoms with Crippen LogP contribution in [-0.2, 0) is 16.0 Å². The van der Waals surface area contributed by atoms with E-state index in [-0.39, 0.29) is 24.7 Å². The van der Waals surface area contributed by atoms with Crippen molar-refractivity contribution >= 4 is 40.0 Å². The Morgan fingerprint density at radius 2 is 1.89 bits per heavy atom. The Morgan fingerprint density at radius 3 is 2.50 bits per heavy atom. The van der Waals surface area contributed by atoms with E-state index in [2.05, 4.69) is 22.2 Å². The van der Waals surface area contributed by atoms with Gasteiger partial charge in [0.05, 0.1) is 12.8 Å². The Kier molecular flexibility index (Phi) is 10.0. The number of allylic oxidation sites excluding steroid dienone is 1. The van der Waals surface area contributed by atoms with Crippen molar-refractivity contribution in [1.82, 2.24) is 4.98 Å². The molecule has 10 heteroatoms. The minimum atomic E-state index is -0.548. The molecule has 38 heavy (non-hydrogen) atoms. The lowest BCUT2D eigenvalue weighted by Gasteiger charge is -2.16. The molecule has 2 aromatic carbocycles. The summed E-state index contributed by atoms with van der Waals surface area (Å²) in [6, 6.07) is 12.5. The molecule has 9 nitrogen and oxygen atoms in total. The molecule has 0 saturated carbocycles. The fraction of sp³-hybridized carbons (Fsp3) is 0.214. The maximum atomic E-state index is 12.6. The van der Waals surface area contributed by atoms with Crippen LogP contribution in [0, 0.1) is 18.3 Å². The van der Waals surface area contributed by atoms with Crippen LogP contribution in [0.15, 0.2) is 60.0 Å². The van der Waals surface area contributed by atoms with Crippen LogP contribution in [-0.4, -0.2) is 37.1 Å². The first kappa shape index (κ1) is 28.0. The van der Waals surface area contributed by atoms with Crippen LogP contribution >= 0.6 is 11.3 Å². The van der Waals surface area contributed by atoms with Gasteiger partial charge in [0, 0.05) is 23.6 Å². The van der Waals surface area contributed by atoms with Crippen LogP contribution in [0.3, 0.4) is 0 Å². The van der Waals surface area contributed by atoms with Gasteiger partial charge in [-0.15, -0.1) is 17.9 Å². The maximum Gasteiger partial charge on any atom is 0.268 e. The van der Waals surface area contributed by atoms with Crippen LogP contribution in [0.4, 0.5) is 10.8 Å². The molecule has 0 radical (unpaired) electrons.